The van der Waals surface area contributed by atoms with Gasteiger partial charge in [0.1, 0.15) is 11.5 Å². The minimum atomic E-state index is -0.485. The number of nitro groups is 1. The van der Waals surface area contributed by atoms with Gasteiger partial charge < -0.3 is 9.47 Å². The van der Waals surface area contributed by atoms with Gasteiger partial charge in [0, 0.05) is 38.9 Å². The van der Waals surface area contributed by atoms with E-state index in [1.807, 2.05) is 42.5 Å². The van der Waals surface area contributed by atoms with Crippen LogP contribution in [0.4, 0.5) is 5.69 Å². The van der Waals surface area contributed by atoms with E-state index in [0.717, 1.165) is 20.5 Å². The van der Waals surface area contributed by atoms with Crippen molar-refractivity contribution in [2.24, 2.45) is 0 Å². The number of para-hydroxylation sites is 1. The lowest BCUT2D eigenvalue weighted by molar-refractivity contribution is -0.384. The molecule has 1 aromatic heterocycles. The molecule has 0 amide bonds. The number of benzene rings is 3. The van der Waals surface area contributed by atoms with Crippen LogP contribution >= 0.6 is 11.3 Å². The third-order valence-corrected chi connectivity index (χ3v) is 6.00. The first kappa shape index (κ1) is 19.6. The van der Waals surface area contributed by atoms with Gasteiger partial charge in [-0.1, -0.05) is 12.1 Å². The molecule has 6 nitrogen and oxygen atoms in total. The monoisotopic (exact) mass is 419 g/mol. The van der Waals surface area contributed by atoms with E-state index in [2.05, 4.69) is 0 Å². The van der Waals surface area contributed by atoms with Crippen LogP contribution < -0.4 is 9.47 Å². The molecule has 0 unspecified atom stereocenters. The van der Waals surface area contributed by atoms with Crippen molar-refractivity contribution in [3.8, 4) is 21.9 Å². The fourth-order valence-corrected chi connectivity index (χ4v) is 4.59. The number of carbonyl (C=O) groups excluding carboxylic acids is 1. The highest BCUT2D eigenvalue weighted by atomic mass is 32.1. The Hall–Kier alpha value is -3.71. The molecule has 0 N–H and O–H groups in total. The summed E-state index contributed by atoms with van der Waals surface area (Å²) in [6, 6.07) is 18.7. The second-order valence-corrected chi connectivity index (χ2v) is 7.55. The van der Waals surface area contributed by atoms with Gasteiger partial charge in [0.2, 0.25) is 0 Å². The number of rotatable bonds is 6. The number of fused-ring (bicyclic) bond motifs is 1. The van der Waals surface area contributed by atoms with Crippen molar-refractivity contribution < 1.29 is 19.2 Å². The van der Waals surface area contributed by atoms with Crippen molar-refractivity contribution in [2.45, 2.75) is 0 Å². The highest BCUT2D eigenvalue weighted by molar-refractivity contribution is 7.22. The SMILES string of the molecule is COc1ccc2c(C(=O)c3ccc([N+](=O)[O-])cc3)c(-c3ccccc3OC)sc2c1. The van der Waals surface area contributed by atoms with Crippen molar-refractivity contribution in [1.29, 1.82) is 0 Å². The highest BCUT2D eigenvalue weighted by Gasteiger charge is 2.24. The van der Waals surface area contributed by atoms with Gasteiger partial charge in [0.05, 0.1) is 24.0 Å². The van der Waals surface area contributed by atoms with Gasteiger partial charge in [-0.05, 0) is 42.5 Å². The molecular formula is C23H17NO5S. The van der Waals surface area contributed by atoms with E-state index in [9.17, 15) is 14.9 Å². The van der Waals surface area contributed by atoms with Crippen LogP contribution in [0.15, 0.2) is 66.7 Å². The van der Waals surface area contributed by atoms with Crippen LogP contribution in [-0.4, -0.2) is 24.9 Å². The van der Waals surface area contributed by atoms with Gasteiger partial charge in [-0.25, -0.2) is 0 Å². The van der Waals surface area contributed by atoms with Crippen LogP contribution in [0.3, 0.4) is 0 Å². The molecule has 0 aliphatic carbocycles. The van der Waals surface area contributed by atoms with Crippen LogP contribution in [0.1, 0.15) is 15.9 Å². The van der Waals surface area contributed by atoms with E-state index in [1.165, 1.54) is 35.6 Å². The van der Waals surface area contributed by atoms with E-state index < -0.39 is 4.92 Å². The third kappa shape index (κ3) is 3.40. The van der Waals surface area contributed by atoms with E-state index in [1.54, 1.807) is 14.2 Å². The maximum Gasteiger partial charge on any atom is 0.269 e. The lowest BCUT2D eigenvalue weighted by Crippen LogP contribution is -2.03. The minimum Gasteiger partial charge on any atom is -0.497 e. The lowest BCUT2D eigenvalue weighted by atomic mass is 9.97. The lowest BCUT2D eigenvalue weighted by Gasteiger charge is -2.09. The number of ether oxygens (including phenoxy) is 2. The predicted molar refractivity (Wildman–Crippen MR) is 117 cm³/mol. The Morgan fingerprint density at radius 1 is 0.967 bits per heavy atom. The summed E-state index contributed by atoms with van der Waals surface area (Å²) >= 11 is 1.48. The van der Waals surface area contributed by atoms with Gasteiger partial charge in [-0.3, -0.25) is 14.9 Å². The Labute approximate surface area is 176 Å². The molecule has 30 heavy (non-hydrogen) atoms. The van der Waals surface area contributed by atoms with Gasteiger partial charge >= 0.3 is 0 Å². The maximum absolute atomic E-state index is 13.5. The fourth-order valence-electron chi connectivity index (χ4n) is 3.33. The Morgan fingerprint density at radius 2 is 1.70 bits per heavy atom. The molecule has 0 atom stereocenters. The second kappa shape index (κ2) is 7.96. The van der Waals surface area contributed by atoms with Crippen LogP contribution in [0.5, 0.6) is 11.5 Å². The molecule has 0 saturated heterocycles. The molecular weight excluding hydrogens is 402 g/mol. The summed E-state index contributed by atoms with van der Waals surface area (Å²) in [5.74, 6) is 1.15. The van der Waals surface area contributed by atoms with E-state index in [4.69, 9.17) is 9.47 Å². The zero-order chi connectivity index (χ0) is 21.3. The average molecular weight is 419 g/mol. The number of ketones is 1. The first-order chi connectivity index (χ1) is 14.5. The molecule has 0 spiro atoms. The molecule has 0 aliphatic rings. The molecule has 150 valence electrons. The van der Waals surface area contributed by atoms with Gasteiger partial charge in [0.15, 0.2) is 5.78 Å². The highest BCUT2D eigenvalue weighted by Crippen LogP contribution is 2.44. The van der Waals surface area contributed by atoms with Crippen molar-refractivity contribution in [2.75, 3.05) is 14.2 Å². The molecule has 3 aromatic carbocycles. The summed E-state index contributed by atoms with van der Waals surface area (Å²) in [6.07, 6.45) is 0. The Bertz CT molecular complexity index is 1260. The molecule has 0 aliphatic heterocycles. The number of methoxy groups -OCH3 is 2. The molecule has 0 fully saturated rings. The summed E-state index contributed by atoms with van der Waals surface area (Å²) in [5, 5.41) is 11.7. The number of hydrogen-bond donors (Lipinski definition) is 0. The smallest absolute Gasteiger partial charge is 0.269 e. The van der Waals surface area contributed by atoms with Crippen LogP contribution in [0.2, 0.25) is 0 Å². The Morgan fingerprint density at radius 3 is 2.37 bits per heavy atom. The standard InChI is InChI=1S/C23H17NO5S/c1-28-16-11-12-18-20(13-16)30-23(17-5-3-4-6-19(17)29-2)21(18)22(25)14-7-9-15(10-8-14)24(26)27/h3-13H,1-2H3. The summed E-state index contributed by atoms with van der Waals surface area (Å²) in [6.45, 7) is 0. The molecule has 1 heterocycles. The first-order valence-corrected chi connectivity index (χ1v) is 9.88. The zero-order valence-corrected chi connectivity index (χ0v) is 17.1. The topological polar surface area (TPSA) is 78.7 Å². The Balaban J connectivity index is 1.94. The summed E-state index contributed by atoms with van der Waals surface area (Å²) in [5.41, 5.74) is 1.67. The molecule has 4 rings (SSSR count). The summed E-state index contributed by atoms with van der Waals surface area (Å²) in [4.78, 5) is 24.8. The Kier molecular flexibility index (Phi) is 5.20. The van der Waals surface area contributed by atoms with Crippen LogP contribution in [0, 0.1) is 10.1 Å². The summed E-state index contributed by atoms with van der Waals surface area (Å²) < 4.78 is 11.8. The third-order valence-electron chi connectivity index (χ3n) is 4.82. The predicted octanol–water partition coefficient (Wildman–Crippen LogP) is 5.72. The van der Waals surface area contributed by atoms with Crippen molar-refractivity contribution in [3.05, 3.63) is 88.0 Å². The van der Waals surface area contributed by atoms with Gasteiger partial charge in [0.25, 0.3) is 5.69 Å². The van der Waals surface area contributed by atoms with Crippen LogP contribution in [0.25, 0.3) is 20.5 Å². The number of non-ortho nitro benzene ring substituents is 1. The number of hydrogen-bond acceptors (Lipinski definition) is 6. The van der Waals surface area contributed by atoms with Gasteiger partial charge in [-0.2, -0.15) is 0 Å². The number of thiophene rings is 1. The number of nitrogens with zero attached hydrogens (tertiary/aromatic N) is 1. The minimum absolute atomic E-state index is 0.0589. The average Bonchev–Trinajstić information content (AvgIpc) is 3.16. The number of nitro benzene ring substituents is 1. The molecule has 0 bridgehead atoms. The number of carbonyl (C=O) groups is 1. The zero-order valence-electron chi connectivity index (χ0n) is 16.2. The quantitative estimate of drug-likeness (QED) is 0.227. The maximum atomic E-state index is 13.5. The second-order valence-electron chi connectivity index (χ2n) is 6.50. The first-order valence-electron chi connectivity index (χ1n) is 9.06. The fraction of sp³-hybridized carbons (Fsp3) is 0.0870. The van der Waals surface area contributed by atoms with Crippen LogP contribution in [-0.2, 0) is 0 Å². The van der Waals surface area contributed by atoms with E-state index in [0.29, 0.717) is 22.6 Å². The van der Waals surface area contributed by atoms with Crippen molar-refractivity contribution in [1.82, 2.24) is 0 Å². The summed E-state index contributed by atoms with van der Waals surface area (Å²) in [7, 11) is 3.19. The normalized spacial score (nSPS) is 10.7. The molecule has 0 radical (unpaired) electrons. The largest absolute Gasteiger partial charge is 0.497 e. The van der Waals surface area contributed by atoms with Gasteiger partial charge in [-0.15, -0.1) is 11.3 Å². The van der Waals surface area contributed by atoms with Crippen molar-refractivity contribution >= 4 is 32.9 Å². The molecule has 4 aromatic rings. The molecule has 0 saturated carbocycles. The van der Waals surface area contributed by atoms with E-state index >= 15 is 0 Å². The molecule has 7 heteroatoms. The van der Waals surface area contributed by atoms with E-state index in [-0.39, 0.29) is 11.5 Å². The van der Waals surface area contributed by atoms with Crippen molar-refractivity contribution in [3.63, 3.8) is 0 Å².